The smallest absolute Gasteiger partial charge is 0.338 e. The standard InChI is InChI=1S/C12H14F3N3OS.ClH/c13-12(14,15)20-10-9(2-1-4-17-10)11(19)18-5-3-8(6-16)7-18;/h1-2,4,8H,3,5-7,16H2;1H. The van der Waals surface area contributed by atoms with Crippen LogP contribution < -0.4 is 5.73 Å². The number of carbonyl (C=O) groups is 1. The van der Waals surface area contributed by atoms with Crippen molar-refractivity contribution in [3.63, 3.8) is 0 Å². The van der Waals surface area contributed by atoms with Gasteiger partial charge in [0.2, 0.25) is 0 Å². The number of aromatic nitrogens is 1. The van der Waals surface area contributed by atoms with Gasteiger partial charge in [0.15, 0.2) is 0 Å². The van der Waals surface area contributed by atoms with Crippen molar-refractivity contribution in [2.75, 3.05) is 19.6 Å². The van der Waals surface area contributed by atoms with E-state index in [4.69, 9.17) is 5.73 Å². The Bertz CT molecular complexity index is 501. The van der Waals surface area contributed by atoms with Gasteiger partial charge in [0.1, 0.15) is 5.03 Å². The number of alkyl halides is 3. The minimum atomic E-state index is -4.46. The zero-order valence-corrected chi connectivity index (χ0v) is 12.6. The van der Waals surface area contributed by atoms with Crippen molar-refractivity contribution < 1.29 is 18.0 Å². The van der Waals surface area contributed by atoms with E-state index in [2.05, 4.69) is 4.98 Å². The first-order valence-electron chi connectivity index (χ1n) is 6.11. The zero-order valence-electron chi connectivity index (χ0n) is 11.0. The molecule has 2 heterocycles. The molecule has 2 N–H and O–H groups in total. The van der Waals surface area contributed by atoms with Gasteiger partial charge in [0.05, 0.1) is 5.56 Å². The first-order chi connectivity index (χ1) is 9.40. The second kappa shape index (κ2) is 7.33. The molecule has 9 heteroatoms. The van der Waals surface area contributed by atoms with E-state index in [-0.39, 0.29) is 40.7 Å². The average molecular weight is 342 g/mol. The van der Waals surface area contributed by atoms with Gasteiger partial charge in [-0.3, -0.25) is 4.79 Å². The van der Waals surface area contributed by atoms with E-state index < -0.39 is 11.4 Å². The molecule has 4 nitrogen and oxygen atoms in total. The Morgan fingerprint density at radius 1 is 1.52 bits per heavy atom. The minimum Gasteiger partial charge on any atom is -0.338 e. The molecule has 21 heavy (non-hydrogen) atoms. The van der Waals surface area contributed by atoms with Crippen molar-refractivity contribution in [3.8, 4) is 0 Å². The van der Waals surface area contributed by atoms with E-state index in [1.165, 1.54) is 23.2 Å². The average Bonchev–Trinajstić information content (AvgIpc) is 2.85. The van der Waals surface area contributed by atoms with E-state index in [9.17, 15) is 18.0 Å². The van der Waals surface area contributed by atoms with Crippen LogP contribution in [0.25, 0.3) is 0 Å². The Kier molecular flexibility index (Phi) is 6.30. The lowest BCUT2D eigenvalue weighted by Crippen LogP contribution is -2.30. The third-order valence-electron chi connectivity index (χ3n) is 3.12. The summed E-state index contributed by atoms with van der Waals surface area (Å²) < 4.78 is 37.4. The van der Waals surface area contributed by atoms with Gasteiger partial charge < -0.3 is 10.6 Å². The van der Waals surface area contributed by atoms with Crippen molar-refractivity contribution in [1.82, 2.24) is 9.88 Å². The molecule has 1 unspecified atom stereocenters. The lowest BCUT2D eigenvalue weighted by molar-refractivity contribution is -0.0329. The number of halogens is 4. The lowest BCUT2D eigenvalue weighted by Gasteiger charge is -2.18. The van der Waals surface area contributed by atoms with Crippen LogP contribution in [0, 0.1) is 5.92 Å². The van der Waals surface area contributed by atoms with Crippen LogP contribution in [0.15, 0.2) is 23.4 Å². The summed E-state index contributed by atoms with van der Waals surface area (Å²) in [6.45, 7) is 1.48. The summed E-state index contributed by atoms with van der Waals surface area (Å²) in [5.74, 6) is -0.199. The maximum atomic E-state index is 12.5. The van der Waals surface area contributed by atoms with Gasteiger partial charge in [0, 0.05) is 31.0 Å². The van der Waals surface area contributed by atoms with Gasteiger partial charge in [-0.1, -0.05) is 0 Å². The highest BCUT2D eigenvalue weighted by Gasteiger charge is 2.34. The maximum absolute atomic E-state index is 12.5. The fourth-order valence-corrected chi connectivity index (χ4v) is 2.72. The van der Waals surface area contributed by atoms with Crippen molar-refractivity contribution in [1.29, 1.82) is 0 Å². The molecule has 1 aromatic heterocycles. The van der Waals surface area contributed by atoms with Crippen LogP contribution in [0.1, 0.15) is 16.8 Å². The summed E-state index contributed by atoms with van der Waals surface area (Å²) in [5, 5.41) is -0.304. The van der Waals surface area contributed by atoms with E-state index >= 15 is 0 Å². The molecule has 1 saturated heterocycles. The number of thioether (sulfide) groups is 1. The number of amides is 1. The predicted octanol–water partition coefficient (Wildman–Crippen LogP) is 2.54. The number of nitrogens with two attached hydrogens (primary N) is 1. The first-order valence-corrected chi connectivity index (χ1v) is 6.92. The molecule has 0 aliphatic carbocycles. The number of pyridine rings is 1. The van der Waals surface area contributed by atoms with Crippen molar-refractivity contribution >= 4 is 30.1 Å². The molecule has 0 bridgehead atoms. The quantitative estimate of drug-likeness (QED) is 0.858. The third-order valence-corrected chi connectivity index (χ3v) is 3.87. The molecule has 1 aliphatic heterocycles. The highest BCUT2D eigenvalue weighted by molar-refractivity contribution is 8.00. The molecule has 1 fully saturated rings. The van der Waals surface area contributed by atoms with Crippen LogP contribution >= 0.6 is 24.2 Å². The van der Waals surface area contributed by atoms with Crippen LogP contribution in [0.2, 0.25) is 0 Å². The summed E-state index contributed by atoms with van der Waals surface area (Å²) in [7, 11) is 0. The third kappa shape index (κ3) is 4.76. The largest absolute Gasteiger partial charge is 0.447 e. The monoisotopic (exact) mass is 341 g/mol. The van der Waals surface area contributed by atoms with E-state index in [0.29, 0.717) is 19.6 Å². The van der Waals surface area contributed by atoms with E-state index in [1.54, 1.807) is 0 Å². The Hall–Kier alpha value is -0.990. The normalized spacial score (nSPS) is 18.5. The molecular formula is C12H15ClF3N3OS. The number of hydrogen-bond acceptors (Lipinski definition) is 4. The Morgan fingerprint density at radius 2 is 2.24 bits per heavy atom. The highest BCUT2D eigenvalue weighted by Crippen LogP contribution is 2.37. The fourth-order valence-electron chi connectivity index (χ4n) is 2.12. The molecule has 0 saturated carbocycles. The van der Waals surface area contributed by atoms with E-state index in [0.717, 1.165) is 6.42 Å². The van der Waals surface area contributed by atoms with Crippen molar-refractivity contribution in [3.05, 3.63) is 23.9 Å². The Labute approximate surface area is 130 Å². The molecule has 1 amide bonds. The maximum Gasteiger partial charge on any atom is 0.447 e. The molecule has 1 aromatic rings. The molecule has 1 aliphatic rings. The number of carbonyl (C=O) groups excluding carboxylic acids is 1. The number of nitrogens with zero attached hydrogens (tertiary/aromatic N) is 2. The molecule has 118 valence electrons. The van der Waals surface area contributed by atoms with Gasteiger partial charge in [-0.25, -0.2) is 4.98 Å². The molecule has 0 aromatic carbocycles. The van der Waals surface area contributed by atoms with Crippen LogP contribution in [-0.2, 0) is 0 Å². The number of likely N-dealkylation sites (tertiary alicyclic amines) is 1. The predicted molar refractivity (Wildman–Crippen MR) is 76.5 cm³/mol. The second-order valence-electron chi connectivity index (χ2n) is 4.55. The first kappa shape index (κ1) is 18.1. The van der Waals surface area contributed by atoms with Gasteiger partial charge >= 0.3 is 5.51 Å². The molecular weight excluding hydrogens is 327 g/mol. The summed E-state index contributed by atoms with van der Waals surface area (Å²) in [5.41, 5.74) is 1.07. The number of hydrogen-bond donors (Lipinski definition) is 1. The molecule has 2 rings (SSSR count). The van der Waals surface area contributed by atoms with E-state index in [1.807, 2.05) is 0 Å². The molecule has 0 spiro atoms. The van der Waals surface area contributed by atoms with Crippen LogP contribution in [0.3, 0.4) is 0 Å². The zero-order chi connectivity index (χ0) is 14.8. The number of rotatable bonds is 3. The van der Waals surface area contributed by atoms with Crippen LogP contribution in [0.4, 0.5) is 13.2 Å². The SMILES string of the molecule is Cl.NCC1CCN(C(=O)c2cccnc2SC(F)(F)F)C1. The van der Waals surface area contributed by atoms with Gasteiger partial charge in [-0.15, -0.1) is 12.4 Å². The summed E-state index contributed by atoms with van der Waals surface area (Å²) in [6.07, 6.45) is 2.03. The van der Waals surface area contributed by atoms with Crippen molar-refractivity contribution in [2.24, 2.45) is 11.7 Å². The van der Waals surface area contributed by atoms with Crippen LogP contribution in [-0.4, -0.2) is 40.9 Å². The van der Waals surface area contributed by atoms with Gasteiger partial charge in [-0.05, 0) is 31.0 Å². The Morgan fingerprint density at radius 3 is 2.81 bits per heavy atom. The van der Waals surface area contributed by atoms with Gasteiger partial charge in [-0.2, -0.15) is 13.2 Å². The molecule has 1 atom stereocenters. The summed E-state index contributed by atoms with van der Waals surface area (Å²) in [6, 6.07) is 2.84. The molecule has 0 radical (unpaired) electrons. The second-order valence-corrected chi connectivity index (χ2v) is 5.60. The topological polar surface area (TPSA) is 59.2 Å². The van der Waals surface area contributed by atoms with Crippen molar-refractivity contribution in [2.45, 2.75) is 17.0 Å². The van der Waals surface area contributed by atoms with Crippen LogP contribution in [0.5, 0.6) is 0 Å². The lowest BCUT2D eigenvalue weighted by atomic mass is 10.1. The summed E-state index contributed by atoms with van der Waals surface area (Å²) >= 11 is -0.362. The van der Waals surface area contributed by atoms with Gasteiger partial charge in [0.25, 0.3) is 5.91 Å². The summed E-state index contributed by atoms with van der Waals surface area (Å²) in [4.78, 5) is 17.5. The minimum absolute atomic E-state index is 0. The Balaban J connectivity index is 0.00000220. The highest BCUT2D eigenvalue weighted by atomic mass is 35.5. The fraction of sp³-hybridized carbons (Fsp3) is 0.500.